The Balaban J connectivity index is 1.95. The van der Waals surface area contributed by atoms with Crippen LogP contribution in [-0.2, 0) is 9.53 Å². The Bertz CT molecular complexity index is 920. The van der Waals surface area contributed by atoms with Gasteiger partial charge in [0.05, 0.1) is 18.2 Å². The number of nitrogens with zero attached hydrogens (tertiary/aromatic N) is 3. The summed E-state index contributed by atoms with van der Waals surface area (Å²) in [5, 5.41) is 6.39. The molecule has 9 nitrogen and oxygen atoms in total. The van der Waals surface area contributed by atoms with Crippen molar-refractivity contribution >= 4 is 29.6 Å². The van der Waals surface area contributed by atoms with Gasteiger partial charge in [-0.3, -0.25) is 9.80 Å². The van der Waals surface area contributed by atoms with Gasteiger partial charge in [0.15, 0.2) is 0 Å². The second kappa shape index (κ2) is 12.1. The van der Waals surface area contributed by atoms with Crippen LogP contribution in [0.4, 0.5) is 9.59 Å². The lowest BCUT2D eigenvalue weighted by Gasteiger charge is -2.38. The van der Waals surface area contributed by atoms with E-state index in [1.165, 1.54) is 0 Å². The topological polar surface area (TPSA) is 94.2 Å². The third kappa shape index (κ3) is 6.01. The van der Waals surface area contributed by atoms with E-state index in [1.54, 1.807) is 24.0 Å². The molecule has 2 N–H and O–H groups in total. The van der Waals surface area contributed by atoms with E-state index in [0.29, 0.717) is 55.6 Å². The molecule has 0 aliphatic carbocycles. The summed E-state index contributed by atoms with van der Waals surface area (Å²) >= 11 is 6.06. The minimum Gasteiger partial charge on any atom is -0.463 e. The maximum absolute atomic E-state index is 13.2. The summed E-state index contributed by atoms with van der Waals surface area (Å²) in [6, 6.07) is 6.13. The lowest BCUT2D eigenvalue weighted by molar-refractivity contribution is -0.139. The first-order chi connectivity index (χ1) is 16.4. The number of nitrogens with one attached hydrogen (secondary N) is 2. The van der Waals surface area contributed by atoms with E-state index >= 15 is 0 Å². The Labute approximate surface area is 206 Å². The van der Waals surface area contributed by atoms with Crippen LogP contribution in [0.3, 0.4) is 0 Å². The van der Waals surface area contributed by atoms with Crippen LogP contribution in [0.2, 0.25) is 5.02 Å². The van der Waals surface area contributed by atoms with Crippen molar-refractivity contribution in [1.29, 1.82) is 0 Å². The van der Waals surface area contributed by atoms with E-state index in [-0.39, 0.29) is 18.7 Å². The summed E-state index contributed by atoms with van der Waals surface area (Å²) in [5.74, 6) is -0.449. The Kier molecular flexibility index (Phi) is 9.18. The van der Waals surface area contributed by atoms with Gasteiger partial charge in [-0.1, -0.05) is 23.7 Å². The minimum atomic E-state index is -0.638. The number of carbonyl (C=O) groups is 3. The first-order valence-electron chi connectivity index (χ1n) is 11.9. The fourth-order valence-corrected chi connectivity index (χ4v) is 4.50. The molecule has 2 heterocycles. The summed E-state index contributed by atoms with van der Waals surface area (Å²) < 4.78 is 5.42. The smallest absolute Gasteiger partial charge is 0.338 e. The number of hydrogen-bond donors (Lipinski definition) is 2. The molecule has 1 fully saturated rings. The molecular weight excluding hydrogens is 458 g/mol. The molecule has 0 unspecified atom stereocenters. The number of halogens is 1. The number of likely N-dealkylation sites (N-methyl/N-ethyl adjacent to an activating group) is 1. The normalized spacial score (nSPS) is 19.5. The fraction of sp³-hybridized carbons (Fsp3) is 0.542. The summed E-state index contributed by atoms with van der Waals surface area (Å²) in [6.45, 7) is 9.81. The lowest BCUT2D eigenvalue weighted by atomic mass is 9.94. The molecule has 2 aliphatic heterocycles. The number of rotatable bonds is 7. The molecule has 10 heteroatoms. The van der Waals surface area contributed by atoms with Crippen molar-refractivity contribution in [3.05, 3.63) is 46.1 Å². The second-order valence-corrected chi connectivity index (χ2v) is 8.65. The van der Waals surface area contributed by atoms with E-state index in [4.69, 9.17) is 16.3 Å². The van der Waals surface area contributed by atoms with E-state index in [9.17, 15) is 14.4 Å². The van der Waals surface area contributed by atoms with Crippen molar-refractivity contribution in [2.45, 2.75) is 33.2 Å². The Morgan fingerprint density at radius 3 is 2.50 bits per heavy atom. The monoisotopic (exact) mass is 491 g/mol. The maximum Gasteiger partial charge on any atom is 0.338 e. The predicted molar refractivity (Wildman–Crippen MR) is 130 cm³/mol. The Hall–Kier alpha value is -2.78. The third-order valence-corrected chi connectivity index (χ3v) is 6.28. The first kappa shape index (κ1) is 25.8. The quantitative estimate of drug-likeness (QED) is 0.572. The highest BCUT2D eigenvalue weighted by Gasteiger charge is 2.38. The highest BCUT2D eigenvalue weighted by molar-refractivity contribution is 6.30. The van der Waals surface area contributed by atoms with Crippen molar-refractivity contribution in [3.63, 3.8) is 0 Å². The molecule has 34 heavy (non-hydrogen) atoms. The van der Waals surface area contributed by atoms with Crippen molar-refractivity contribution in [1.82, 2.24) is 25.3 Å². The van der Waals surface area contributed by atoms with Crippen LogP contribution in [0.15, 0.2) is 35.5 Å². The number of carbonyl (C=O) groups excluding carboxylic acids is 3. The molecule has 1 aromatic rings. The summed E-state index contributed by atoms with van der Waals surface area (Å²) in [6.07, 6.45) is 0.804. The molecule has 3 rings (SSSR count). The SMILES string of the molecule is CCNC(=O)N1CCCN(CC2=C(C(=O)OCC)[C@@H](c3ccc(Cl)cc3)NC(=O)N2CC)CC1. The second-order valence-electron chi connectivity index (χ2n) is 8.21. The van der Waals surface area contributed by atoms with Crippen LogP contribution in [0.25, 0.3) is 0 Å². The number of ether oxygens (including phenoxy) is 1. The van der Waals surface area contributed by atoms with E-state index in [2.05, 4.69) is 15.5 Å². The Morgan fingerprint density at radius 1 is 1.12 bits per heavy atom. The average Bonchev–Trinajstić information content (AvgIpc) is 3.05. The molecule has 0 spiro atoms. The van der Waals surface area contributed by atoms with Gasteiger partial charge in [-0.15, -0.1) is 0 Å². The number of amides is 4. The van der Waals surface area contributed by atoms with Gasteiger partial charge in [-0.25, -0.2) is 14.4 Å². The highest BCUT2D eigenvalue weighted by atomic mass is 35.5. The van der Waals surface area contributed by atoms with Gasteiger partial charge < -0.3 is 20.3 Å². The van der Waals surface area contributed by atoms with Crippen molar-refractivity contribution in [2.24, 2.45) is 0 Å². The first-order valence-corrected chi connectivity index (χ1v) is 12.3. The molecule has 186 valence electrons. The third-order valence-electron chi connectivity index (χ3n) is 6.03. The van der Waals surface area contributed by atoms with Gasteiger partial charge in [0.25, 0.3) is 0 Å². The average molecular weight is 492 g/mol. The van der Waals surface area contributed by atoms with Gasteiger partial charge in [0.2, 0.25) is 0 Å². The summed E-state index contributed by atoms with van der Waals surface area (Å²) in [4.78, 5) is 44.1. The zero-order valence-electron chi connectivity index (χ0n) is 20.1. The van der Waals surface area contributed by atoms with Crippen LogP contribution < -0.4 is 10.6 Å². The van der Waals surface area contributed by atoms with Gasteiger partial charge in [-0.05, 0) is 44.9 Å². The van der Waals surface area contributed by atoms with Crippen LogP contribution in [0.1, 0.15) is 38.8 Å². The molecule has 1 atom stereocenters. The van der Waals surface area contributed by atoms with Crippen LogP contribution in [0.5, 0.6) is 0 Å². The zero-order valence-corrected chi connectivity index (χ0v) is 20.9. The number of urea groups is 2. The van der Waals surface area contributed by atoms with Gasteiger partial charge >= 0.3 is 18.0 Å². The van der Waals surface area contributed by atoms with E-state index in [1.807, 2.05) is 30.9 Å². The van der Waals surface area contributed by atoms with E-state index in [0.717, 1.165) is 18.5 Å². The van der Waals surface area contributed by atoms with Crippen LogP contribution >= 0.6 is 11.6 Å². The molecule has 0 radical (unpaired) electrons. The minimum absolute atomic E-state index is 0.0641. The fourth-order valence-electron chi connectivity index (χ4n) is 4.37. The standard InChI is InChI=1S/C24H34ClN5O4/c1-4-26-23(32)29-13-7-12-28(14-15-29)16-19-20(22(31)34-6-3)21(27-24(33)30(19)5-2)17-8-10-18(25)11-9-17/h8-11,21H,4-7,12-16H2,1-3H3,(H,26,32)(H,27,33)/t21-/m1/s1. The molecule has 1 saturated heterocycles. The van der Waals surface area contributed by atoms with Crippen molar-refractivity contribution in [2.75, 3.05) is 52.4 Å². The molecule has 1 aromatic carbocycles. The van der Waals surface area contributed by atoms with Gasteiger partial charge in [0, 0.05) is 56.5 Å². The van der Waals surface area contributed by atoms with Crippen molar-refractivity contribution < 1.29 is 19.1 Å². The molecule has 4 amide bonds. The van der Waals surface area contributed by atoms with E-state index < -0.39 is 12.0 Å². The Morgan fingerprint density at radius 2 is 1.85 bits per heavy atom. The molecular formula is C24H34ClN5O4. The predicted octanol–water partition coefficient (Wildman–Crippen LogP) is 2.98. The summed E-state index contributed by atoms with van der Waals surface area (Å²) in [5.41, 5.74) is 1.82. The van der Waals surface area contributed by atoms with Crippen LogP contribution in [-0.4, -0.2) is 85.2 Å². The highest BCUT2D eigenvalue weighted by Crippen LogP contribution is 2.32. The zero-order chi connectivity index (χ0) is 24.7. The maximum atomic E-state index is 13.2. The molecule has 0 saturated carbocycles. The molecule has 0 aromatic heterocycles. The summed E-state index contributed by atoms with van der Waals surface area (Å²) in [7, 11) is 0. The molecule has 2 aliphatic rings. The number of benzene rings is 1. The number of hydrogen-bond acceptors (Lipinski definition) is 5. The molecule has 0 bridgehead atoms. The van der Waals surface area contributed by atoms with Crippen LogP contribution in [0, 0.1) is 0 Å². The lowest BCUT2D eigenvalue weighted by Crippen LogP contribution is -2.51. The number of esters is 1. The van der Waals surface area contributed by atoms with Gasteiger partial charge in [-0.2, -0.15) is 0 Å². The van der Waals surface area contributed by atoms with Gasteiger partial charge in [0.1, 0.15) is 0 Å². The van der Waals surface area contributed by atoms with Crippen molar-refractivity contribution in [3.8, 4) is 0 Å². The largest absolute Gasteiger partial charge is 0.463 e.